The monoisotopic (exact) mass is 106 g/mol. The van der Waals surface area contributed by atoms with Crippen LogP contribution in [0.2, 0.25) is 0 Å². The van der Waals surface area contributed by atoms with E-state index in [4.69, 9.17) is 4.55 Å². The second-order valence-electron chi connectivity index (χ2n) is 0.856. The van der Waals surface area contributed by atoms with Gasteiger partial charge in [0, 0.05) is 5.41 Å². The van der Waals surface area contributed by atoms with Crippen LogP contribution in [0.25, 0.3) is 0 Å². The molecular formula is C3H6O2S. The van der Waals surface area contributed by atoms with Gasteiger partial charge >= 0.3 is 0 Å². The molecule has 0 saturated heterocycles. The number of hydrogen-bond acceptors (Lipinski definition) is 1. The fourth-order valence-electron chi connectivity index (χ4n) is 0. The van der Waals surface area contributed by atoms with E-state index in [1.165, 1.54) is 0 Å². The topological polar surface area (TPSA) is 37.3 Å². The quantitative estimate of drug-likeness (QED) is 0.489. The smallest absolute Gasteiger partial charge is 0.0961 e. The van der Waals surface area contributed by atoms with Gasteiger partial charge in [0.2, 0.25) is 0 Å². The Kier molecular flexibility index (Phi) is 1.38. The SMILES string of the molecule is C=CS(=C)(=O)O. The van der Waals surface area contributed by atoms with Crippen LogP contribution in [0, 0.1) is 0 Å². The molecule has 0 aromatic rings. The van der Waals surface area contributed by atoms with Crippen molar-refractivity contribution in [2.75, 3.05) is 0 Å². The van der Waals surface area contributed by atoms with Gasteiger partial charge in [-0.2, -0.15) is 0 Å². The van der Waals surface area contributed by atoms with Crippen LogP contribution < -0.4 is 0 Å². The molecule has 0 bridgehead atoms. The van der Waals surface area contributed by atoms with Gasteiger partial charge in [0.05, 0.1) is 9.80 Å². The number of rotatable bonds is 1. The Labute approximate surface area is 37.3 Å². The summed E-state index contributed by atoms with van der Waals surface area (Å²) < 4.78 is 18.0. The first-order chi connectivity index (χ1) is 2.56. The van der Waals surface area contributed by atoms with Crippen LogP contribution in [0.4, 0.5) is 0 Å². The van der Waals surface area contributed by atoms with Crippen molar-refractivity contribution in [2.45, 2.75) is 0 Å². The third-order valence-electron chi connectivity index (χ3n) is 0.260. The number of hydrogen-bond donors (Lipinski definition) is 1. The van der Waals surface area contributed by atoms with Crippen molar-refractivity contribution in [3.05, 3.63) is 12.0 Å². The molecule has 2 nitrogen and oxygen atoms in total. The van der Waals surface area contributed by atoms with E-state index in [-0.39, 0.29) is 0 Å². The van der Waals surface area contributed by atoms with Crippen molar-refractivity contribution < 1.29 is 8.76 Å². The molecule has 1 atom stereocenters. The summed E-state index contributed by atoms with van der Waals surface area (Å²) in [6, 6.07) is 0. The molecule has 0 heterocycles. The second kappa shape index (κ2) is 1.45. The van der Waals surface area contributed by atoms with Crippen LogP contribution in [0.1, 0.15) is 0 Å². The Morgan fingerprint density at radius 3 is 2.00 bits per heavy atom. The maximum Gasteiger partial charge on any atom is 0.0961 e. The zero-order valence-electron chi connectivity index (χ0n) is 3.26. The van der Waals surface area contributed by atoms with Crippen LogP contribution in [0.5, 0.6) is 0 Å². The Morgan fingerprint density at radius 1 is 1.83 bits per heavy atom. The summed E-state index contributed by atoms with van der Waals surface area (Å²) in [5, 5.41) is 0.910. The van der Waals surface area contributed by atoms with Gasteiger partial charge < -0.3 is 4.55 Å². The van der Waals surface area contributed by atoms with E-state index in [0.717, 1.165) is 5.41 Å². The summed E-state index contributed by atoms with van der Waals surface area (Å²) in [5.41, 5.74) is 0. The molecule has 1 N–H and O–H groups in total. The first-order valence-electron chi connectivity index (χ1n) is 1.28. The Hall–Kier alpha value is -0.280. The molecule has 0 rings (SSSR count). The predicted molar refractivity (Wildman–Crippen MR) is 28.1 cm³/mol. The largest absolute Gasteiger partial charge is 0.311 e. The minimum atomic E-state index is -2.90. The molecular weight excluding hydrogens is 100 g/mol. The second-order valence-corrected chi connectivity index (χ2v) is 2.57. The highest BCUT2D eigenvalue weighted by Gasteiger charge is 1.78. The van der Waals surface area contributed by atoms with Crippen LogP contribution in [0.3, 0.4) is 0 Å². The average Bonchev–Trinajstić information content (AvgIpc) is 1.35. The lowest BCUT2D eigenvalue weighted by molar-refractivity contribution is 0.570. The van der Waals surface area contributed by atoms with Crippen molar-refractivity contribution >= 4 is 15.7 Å². The van der Waals surface area contributed by atoms with Gasteiger partial charge in [0.15, 0.2) is 0 Å². The fourth-order valence-corrected chi connectivity index (χ4v) is 0. The summed E-state index contributed by atoms with van der Waals surface area (Å²) in [4.78, 5) is 0. The molecule has 36 valence electrons. The maximum atomic E-state index is 9.88. The molecule has 0 aliphatic heterocycles. The summed E-state index contributed by atoms with van der Waals surface area (Å²) >= 11 is 0. The molecule has 0 radical (unpaired) electrons. The van der Waals surface area contributed by atoms with Crippen LogP contribution in [0.15, 0.2) is 12.0 Å². The lowest BCUT2D eigenvalue weighted by Crippen LogP contribution is -1.85. The van der Waals surface area contributed by atoms with E-state index in [1.807, 2.05) is 0 Å². The summed E-state index contributed by atoms with van der Waals surface area (Å²) in [5.74, 6) is 2.85. The third-order valence-corrected chi connectivity index (χ3v) is 0.781. The van der Waals surface area contributed by atoms with Crippen LogP contribution >= 0.6 is 0 Å². The van der Waals surface area contributed by atoms with E-state index in [0.29, 0.717) is 0 Å². The van der Waals surface area contributed by atoms with Gasteiger partial charge in [-0.25, -0.2) is 4.21 Å². The van der Waals surface area contributed by atoms with Crippen molar-refractivity contribution in [3.8, 4) is 0 Å². The van der Waals surface area contributed by atoms with Crippen molar-refractivity contribution in [2.24, 2.45) is 0 Å². The minimum Gasteiger partial charge on any atom is -0.311 e. The summed E-state index contributed by atoms with van der Waals surface area (Å²) in [6.07, 6.45) is 0. The highest BCUT2D eigenvalue weighted by atomic mass is 32.2. The lowest BCUT2D eigenvalue weighted by atomic mass is 11.3. The van der Waals surface area contributed by atoms with E-state index in [1.54, 1.807) is 0 Å². The van der Waals surface area contributed by atoms with E-state index < -0.39 is 9.80 Å². The molecule has 0 aliphatic rings. The Bertz CT molecular complexity index is 119. The van der Waals surface area contributed by atoms with Gasteiger partial charge in [0.1, 0.15) is 0 Å². The zero-order valence-corrected chi connectivity index (χ0v) is 4.07. The van der Waals surface area contributed by atoms with E-state index >= 15 is 0 Å². The zero-order chi connectivity index (χ0) is 5.21. The van der Waals surface area contributed by atoms with Gasteiger partial charge in [-0.15, -0.1) is 0 Å². The minimum absolute atomic E-state index is 0.910. The van der Waals surface area contributed by atoms with Crippen molar-refractivity contribution in [3.63, 3.8) is 0 Å². The van der Waals surface area contributed by atoms with Gasteiger partial charge in [-0.1, -0.05) is 6.58 Å². The molecule has 0 aromatic heterocycles. The van der Waals surface area contributed by atoms with Gasteiger partial charge in [-0.05, 0) is 5.87 Å². The van der Waals surface area contributed by atoms with E-state index in [2.05, 4.69) is 12.4 Å². The highest BCUT2D eigenvalue weighted by molar-refractivity contribution is 7.97. The van der Waals surface area contributed by atoms with Crippen LogP contribution in [-0.4, -0.2) is 14.6 Å². The molecule has 0 aromatic carbocycles. The Balaban J connectivity index is 4.25. The molecule has 0 fully saturated rings. The van der Waals surface area contributed by atoms with Crippen LogP contribution in [-0.2, 0) is 9.80 Å². The van der Waals surface area contributed by atoms with Crippen molar-refractivity contribution in [1.29, 1.82) is 0 Å². The predicted octanol–water partition coefficient (Wildman–Crippen LogP) is 0.319. The molecule has 3 heteroatoms. The maximum absolute atomic E-state index is 9.88. The van der Waals surface area contributed by atoms with Gasteiger partial charge in [-0.3, -0.25) is 0 Å². The average molecular weight is 106 g/mol. The third kappa shape index (κ3) is 3.72. The first-order valence-corrected chi connectivity index (χ1v) is 3.03. The molecule has 0 saturated carbocycles. The highest BCUT2D eigenvalue weighted by Crippen LogP contribution is 1.75. The van der Waals surface area contributed by atoms with E-state index in [9.17, 15) is 4.21 Å². The molecule has 0 spiro atoms. The molecule has 6 heavy (non-hydrogen) atoms. The lowest BCUT2D eigenvalue weighted by Gasteiger charge is -1.81. The fraction of sp³-hybridized carbons (Fsp3) is 0. The summed E-state index contributed by atoms with van der Waals surface area (Å²) in [7, 11) is -2.90. The summed E-state index contributed by atoms with van der Waals surface area (Å²) in [6.45, 7) is 3.04. The van der Waals surface area contributed by atoms with Gasteiger partial charge in [0.25, 0.3) is 0 Å². The molecule has 1 unspecified atom stereocenters. The Morgan fingerprint density at radius 2 is 2.00 bits per heavy atom. The first kappa shape index (κ1) is 5.72. The normalized spacial score (nSPS) is 18.8. The standard InChI is InChI=1S/C3H6O2S/c1-3-6(2,4)5/h3H,1-2H2,(H,4,5). The molecule has 0 aliphatic carbocycles. The van der Waals surface area contributed by atoms with Crippen molar-refractivity contribution in [1.82, 2.24) is 0 Å². The molecule has 0 amide bonds.